The van der Waals surface area contributed by atoms with E-state index >= 15 is 0 Å². The lowest BCUT2D eigenvalue weighted by molar-refractivity contribution is -0.147. The Morgan fingerprint density at radius 1 is 0.839 bits per heavy atom. The Labute approximate surface area is 188 Å². The van der Waals surface area contributed by atoms with E-state index in [-0.39, 0.29) is 6.61 Å². The van der Waals surface area contributed by atoms with Gasteiger partial charge >= 0.3 is 11.9 Å². The molecule has 1 unspecified atom stereocenters. The Hall–Kier alpha value is -1.41. The van der Waals surface area contributed by atoms with Gasteiger partial charge in [0.05, 0.1) is 19.3 Å². The highest BCUT2D eigenvalue weighted by Crippen LogP contribution is 2.13. The Bertz CT molecular complexity index is 599. The molecule has 0 aliphatic rings. The number of hydrogen-bond acceptors (Lipinski definition) is 6. The summed E-state index contributed by atoms with van der Waals surface area (Å²) in [6.07, 6.45) is 17.9. The summed E-state index contributed by atoms with van der Waals surface area (Å²) in [6.45, 7) is 4.12. The molecule has 182 valence electrons. The molecular formula is C23H42O7S. The molecule has 0 rings (SSSR count). The highest BCUT2D eigenvalue weighted by Gasteiger charge is 2.35. The number of unbranched alkanes of at least 4 members (excludes halogenated alkanes) is 12. The molecule has 0 aliphatic heterocycles. The van der Waals surface area contributed by atoms with Crippen LogP contribution in [0, 0.1) is 0 Å². The third-order valence-corrected chi connectivity index (χ3v) is 6.08. The standard InChI is InChI=1S/C23H42O7S/c1-3-5-7-8-9-10-11-12-13-14-15-16-17-19-30-23(25)21(31(26,27)28)20-22(24)29-18-6-4-2/h6,18,21H,3-5,7-17,19-20H2,1-2H3,(H,26,27,28)/b18-6+. The van der Waals surface area contributed by atoms with Gasteiger partial charge in [0.15, 0.2) is 5.25 Å². The van der Waals surface area contributed by atoms with Crippen LogP contribution in [-0.4, -0.2) is 36.8 Å². The molecule has 1 N–H and O–H groups in total. The molecule has 8 heteroatoms. The van der Waals surface area contributed by atoms with E-state index in [9.17, 15) is 22.6 Å². The van der Waals surface area contributed by atoms with Crippen LogP contribution in [0.15, 0.2) is 12.3 Å². The molecule has 31 heavy (non-hydrogen) atoms. The third kappa shape index (κ3) is 17.9. The van der Waals surface area contributed by atoms with Crippen molar-refractivity contribution < 1.29 is 32.0 Å². The third-order valence-electron chi connectivity index (χ3n) is 5.00. The molecule has 0 fully saturated rings. The summed E-state index contributed by atoms with van der Waals surface area (Å²) in [7, 11) is -4.76. The number of esters is 2. The van der Waals surface area contributed by atoms with Crippen molar-refractivity contribution >= 4 is 22.1 Å². The minimum absolute atomic E-state index is 0.0629. The number of rotatable bonds is 20. The van der Waals surface area contributed by atoms with Gasteiger partial charge in [-0.3, -0.25) is 14.1 Å². The van der Waals surface area contributed by atoms with Crippen molar-refractivity contribution in [2.75, 3.05) is 6.61 Å². The van der Waals surface area contributed by atoms with Crippen LogP contribution < -0.4 is 0 Å². The maximum absolute atomic E-state index is 12.0. The van der Waals surface area contributed by atoms with Crippen molar-refractivity contribution in [1.29, 1.82) is 0 Å². The summed E-state index contributed by atoms with van der Waals surface area (Å²) >= 11 is 0. The van der Waals surface area contributed by atoms with Crippen molar-refractivity contribution in [3.8, 4) is 0 Å². The molecule has 0 bridgehead atoms. The first-order valence-corrected chi connectivity index (χ1v) is 13.3. The summed E-state index contributed by atoms with van der Waals surface area (Å²) in [5.74, 6) is -2.05. The van der Waals surface area contributed by atoms with Crippen molar-refractivity contribution in [3.05, 3.63) is 12.3 Å². The first-order chi connectivity index (χ1) is 14.8. The lowest BCUT2D eigenvalue weighted by Gasteiger charge is -2.12. The van der Waals surface area contributed by atoms with Crippen LogP contribution in [0.5, 0.6) is 0 Å². The lowest BCUT2D eigenvalue weighted by atomic mass is 10.0. The van der Waals surface area contributed by atoms with Gasteiger partial charge in [0.1, 0.15) is 0 Å². The van der Waals surface area contributed by atoms with Crippen molar-refractivity contribution in [3.63, 3.8) is 0 Å². The Morgan fingerprint density at radius 3 is 1.77 bits per heavy atom. The molecule has 0 aromatic rings. The molecule has 0 aliphatic carbocycles. The largest absolute Gasteiger partial charge is 0.465 e. The van der Waals surface area contributed by atoms with E-state index in [1.165, 1.54) is 57.8 Å². The molecule has 1 atom stereocenters. The van der Waals surface area contributed by atoms with E-state index in [2.05, 4.69) is 11.7 Å². The quantitative estimate of drug-likeness (QED) is 0.106. The van der Waals surface area contributed by atoms with Gasteiger partial charge in [-0.25, -0.2) is 0 Å². The Morgan fingerprint density at radius 2 is 1.32 bits per heavy atom. The highest BCUT2D eigenvalue weighted by molar-refractivity contribution is 7.87. The van der Waals surface area contributed by atoms with Gasteiger partial charge < -0.3 is 9.47 Å². The second-order valence-corrected chi connectivity index (χ2v) is 9.49. The van der Waals surface area contributed by atoms with Crippen molar-refractivity contribution in [1.82, 2.24) is 0 Å². The second kappa shape index (κ2) is 19.3. The van der Waals surface area contributed by atoms with E-state index in [0.29, 0.717) is 12.8 Å². The van der Waals surface area contributed by atoms with Crippen molar-refractivity contribution in [2.45, 2.75) is 115 Å². The van der Waals surface area contributed by atoms with Gasteiger partial charge in [-0.15, -0.1) is 0 Å². The normalized spacial score (nSPS) is 12.7. The first kappa shape index (κ1) is 29.6. The van der Waals surface area contributed by atoms with Crippen LogP contribution in [0.1, 0.15) is 110 Å². The molecule has 0 aromatic carbocycles. The van der Waals surface area contributed by atoms with Crippen LogP contribution in [0.4, 0.5) is 0 Å². The average molecular weight is 463 g/mol. The van der Waals surface area contributed by atoms with Gasteiger partial charge in [0.2, 0.25) is 0 Å². The van der Waals surface area contributed by atoms with Crippen LogP contribution in [0.3, 0.4) is 0 Å². The fraction of sp³-hybridized carbons (Fsp3) is 0.826. The van der Waals surface area contributed by atoms with E-state index in [1.54, 1.807) is 6.08 Å². The molecule has 0 amide bonds. The van der Waals surface area contributed by atoms with E-state index in [4.69, 9.17) is 4.74 Å². The first-order valence-electron chi connectivity index (χ1n) is 11.8. The zero-order valence-corrected chi connectivity index (χ0v) is 20.2. The number of ether oxygens (including phenoxy) is 2. The number of allylic oxidation sites excluding steroid dienone is 1. The molecule has 0 saturated carbocycles. The highest BCUT2D eigenvalue weighted by atomic mass is 32.2. The molecule has 0 aromatic heterocycles. The molecule has 7 nitrogen and oxygen atoms in total. The summed E-state index contributed by atoms with van der Waals surface area (Å²) in [4.78, 5) is 23.6. The lowest BCUT2D eigenvalue weighted by Crippen LogP contribution is -2.34. The fourth-order valence-corrected chi connectivity index (χ4v) is 3.77. The summed E-state index contributed by atoms with van der Waals surface area (Å²) in [5.41, 5.74) is 0. The fourth-order valence-electron chi connectivity index (χ4n) is 3.12. The SMILES string of the molecule is CC/C=C/OC(=O)CC(C(=O)OCCCCCCCCCCCCCCC)S(=O)(=O)O. The molecule has 0 spiro atoms. The van der Waals surface area contributed by atoms with E-state index in [0.717, 1.165) is 25.5 Å². The number of carbonyl (C=O) groups excluding carboxylic acids is 2. The zero-order valence-electron chi connectivity index (χ0n) is 19.4. The molecular weight excluding hydrogens is 420 g/mol. The van der Waals surface area contributed by atoms with Crippen LogP contribution in [-0.2, 0) is 29.2 Å². The molecule has 0 radical (unpaired) electrons. The van der Waals surface area contributed by atoms with Crippen LogP contribution in [0.25, 0.3) is 0 Å². The predicted molar refractivity (Wildman–Crippen MR) is 122 cm³/mol. The Kier molecular flexibility index (Phi) is 18.4. The number of hydrogen-bond donors (Lipinski definition) is 1. The van der Waals surface area contributed by atoms with Crippen LogP contribution >= 0.6 is 0 Å². The van der Waals surface area contributed by atoms with Gasteiger partial charge in [0.25, 0.3) is 10.1 Å². The van der Waals surface area contributed by atoms with Crippen molar-refractivity contribution in [2.24, 2.45) is 0 Å². The number of carbonyl (C=O) groups is 2. The molecule has 0 saturated heterocycles. The smallest absolute Gasteiger partial charge is 0.327 e. The second-order valence-electron chi connectivity index (χ2n) is 7.89. The van der Waals surface area contributed by atoms with Gasteiger partial charge in [-0.1, -0.05) is 90.9 Å². The predicted octanol–water partition coefficient (Wildman–Crippen LogP) is 5.73. The monoisotopic (exact) mass is 462 g/mol. The van der Waals surface area contributed by atoms with Gasteiger partial charge in [-0.2, -0.15) is 8.42 Å². The molecule has 0 heterocycles. The van der Waals surface area contributed by atoms with Gasteiger partial charge in [0, 0.05) is 0 Å². The maximum Gasteiger partial charge on any atom is 0.327 e. The average Bonchev–Trinajstić information content (AvgIpc) is 2.71. The van der Waals surface area contributed by atoms with Gasteiger partial charge in [-0.05, 0) is 18.9 Å². The topological polar surface area (TPSA) is 107 Å². The summed E-state index contributed by atoms with van der Waals surface area (Å²) < 4.78 is 41.7. The van der Waals surface area contributed by atoms with Crippen LogP contribution in [0.2, 0.25) is 0 Å². The maximum atomic E-state index is 12.0. The minimum atomic E-state index is -4.76. The zero-order chi connectivity index (χ0) is 23.4. The Balaban J connectivity index is 3.87. The summed E-state index contributed by atoms with van der Waals surface area (Å²) in [5, 5.41) is -1.96. The van der Waals surface area contributed by atoms with E-state index < -0.39 is 33.7 Å². The minimum Gasteiger partial charge on any atom is -0.465 e. The van der Waals surface area contributed by atoms with E-state index in [1.807, 2.05) is 6.92 Å². The summed E-state index contributed by atoms with van der Waals surface area (Å²) in [6, 6.07) is 0.